The zero-order chi connectivity index (χ0) is 13.0. The molecule has 1 aromatic carbocycles. The van der Waals surface area contributed by atoms with Gasteiger partial charge in [-0.15, -0.1) is 0 Å². The van der Waals surface area contributed by atoms with E-state index in [0.717, 1.165) is 0 Å². The zero-order valence-electron chi connectivity index (χ0n) is 10.2. The van der Waals surface area contributed by atoms with E-state index in [0.29, 0.717) is 6.42 Å². The van der Waals surface area contributed by atoms with Crippen LogP contribution in [0.1, 0.15) is 37.6 Å². The van der Waals surface area contributed by atoms with Crippen molar-refractivity contribution in [2.45, 2.75) is 27.2 Å². The van der Waals surface area contributed by atoms with E-state index in [1.165, 1.54) is 25.1 Å². The van der Waals surface area contributed by atoms with Crippen LogP contribution < -0.4 is 4.74 Å². The minimum absolute atomic E-state index is 0.174. The van der Waals surface area contributed by atoms with Crippen LogP contribution in [0.3, 0.4) is 0 Å². The average molecular weight is 236 g/mol. The number of ketones is 1. The Labute approximate surface area is 100 Å². The Hall–Kier alpha value is -1.84. The number of Topliss-reactive ketones (excluding diaryl/α,β-unsaturated/α-hetero) is 1. The van der Waals surface area contributed by atoms with Gasteiger partial charge in [-0.3, -0.25) is 9.59 Å². The summed E-state index contributed by atoms with van der Waals surface area (Å²) in [6, 6.07) is 4.21. The molecule has 1 N–H and O–H groups in total. The third-order valence-corrected chi connectivity index (χ3v) is 2.58. The lowest BCUT2D eigenvalue weighted by molar-refractivity contribution is -0.138. The highest BCUT2D eigenvalue weighted by Crippen LogP contribution is 2.24. The molecule has 0 bridgehead atoms. The van der Waals surface area contributed by atoms with Gasteiger partial charge < -0.3 is 9.84 Å². The number of ether oxygens (including phenoxy) is 1. The van der Waals surface area contributed by atoms with Gasteiger partial charge in [-0.2, -0.15) is 0 Å². The first kappa shape index (κ1) is 13.2. The SMILES string of the molecule is CCC(C)C(=O)Oc1ccc(C(C)=O)c(O)c1. The van der Waals surface area contributed by atoms with Gasteiger partial charge in [0.1, 0.15) is 11.5 Å². The Kier molecular flexibility index (Phi) is 4.26. The summed E-state index contributed by atoms with van der Waals surface area (Å²) in [6.07, 6.45) is 0.691. The summed E-state index contributed by atoms with van der Waals surface area (Å²) in [5.41, 5.74) is 0.216. The largest absolute Gasteiger partial charge is 0.507 e. The molecule has 0 aliphatic heterocycles. The highest BCUT2D eigenvalue weighted by molar-refractivity contribution is 5.96. The van der Waals surface area contributed by atoms with Gasteiger partial charge in [0.25, 0.3) is 0 Å². The van der Waals surface area contributed by atoms with Crippen LogP contribution in [0.15, 0.2) is 18.2 Å². The van der Waals surface area contributed by atoms with Crippen molar-refractivity contribution in [1.29, 1.82) is 0 Å². The van der Waals surface area contributed by atoms with Crippen molar-refractivity contribution in [3.63, 3.8) is 0 Å². The number of phenolic OH excluding ortho intramolecular Hbond substituents is 1. The number of hydrogen-bond donors (Lipinski definition) is 1. The summed E-state index contributed by atoms with van der Waals surface area (Å²) in [5, 5.41) is 9.56. The number of benzene rings is 1. The van der Waals surface area contributed by atoms with Crippen molar-refractivity contribution < 1.29 is 19.4 Å². The monoisotopic (exact) mass is 236 g/mol. The molecule has 1 rings (SSSR count). The molecule has 4 heteroatoms. The number of rotatable bonds is 4. The maximum Gasteiger partial charge on any atom is 0.314 e. The first-order chi connectivity index (χ1) is 7.95. The Bertz CT molecular complexity index is 437. The summed E-state index contributed by atoms with van der Waals surface area (Å²) in [6.45, 7) is 5.02. The van der Waals surface area contributed by atoms with Crippen LogP contribution in [-0.4, -0.2) is 16.9 Å². The smallest absolute Gasteiger partial charge is 0.314 e. The first-order valence-corrected chi connectivity index (χ1v) is 5.51. The maximum absolute atomic E-state index is 11.5. The summed E-state index contributed by atoms with van der Waals surface area (Å²) in [5.74, 6) is -0.695. The number of phenols is 1. The topological polar surface area (TPSA) is 63.6 Å². The summed E-state index contributed by atoms with van der Waals surface area (Å²) >= 11 is 0. The molecule has 1 aromatic rings. The first-order valence-electron chi connectivity index (χ1n) is 5.51. The van der Waals surface area contributed by atoms with Gasteiger partial charge in [0.2, 0.25) is 0 Å². The van der Waals surface area contributed by atoms with Crippen molar-refractivity contribution in [3.8, 4) is 11.5 Å². The predicted molar refractivity (Wildman–Crippen MR) is 63.2 cm³/mol. The molecule has 0 heterocycles. The molecule has 0 aliphatic carbocycles. The highest BCUT2D eigenvalue weighted by Gasteiger charge is 2.14. The fourth-order valence-electron chi connectivity index (χ4n) is 1.26. The lowest BCUT2D eigenvalue weighted by Gasteiger charge is -2.09. The summed E-state index contributed by atoms with van der Waals surface area (Å²) in [7, 11) is 0. The third-order valence-electron chi connectivity index (χ3n) is 2.58. The fraction of sp³-hybridized carbons (Fsp3) is 0.385. The normalized spacial score (nSPS) is 11.9. The molecule has 0 saturated heterocycles. The quantitative estimate of drug-likeness (QED) is 0.495. The minimum Gasteiger partial charge on any atom is -0.507 e. The molecule has 1 atom stereocenters. The number of carbonyl (C=O) groups is 2. The van der Waals surface area contributed by atoms with Crippen LogP contribution in [0.5, 0.6) is 11.5 Å². The van der Waals surface area contributed by atoms with Crippen LogP contribution in [0.25, 0.3) is 0 Å². The van der Waals surface area contributed by atoms with E-state index in [2.05, 4.69) is 0 Å². The number of esters is 1. The molecule has 0 spiro atoms. The second kappa shape index (κ2) is 5.48. The lowest BCUT2D eigenvalue weighted by Crippen LogP contribution is -2.16. The Morgan fingerprint density at radius 3 is 2.53 bits per heavy atom. The van der Waals surface area contributed by atoms with Gasteiger partial charge >= 0.3 is 5.97 Å². The van der Waals surface area contributed by atoms with Crippen LogP contribution in [0.4, 0.5) is 0 Å². The fourth-order valence-corrected chi connectivity index (χ4v) is 1.26. The van der Waals surface area contributed by atoms with E-state index in [1.54, 1.807) is 6.92 Å². The molecule has 0 saturated carbocycles. The molecule has 17 heavy (non-hydrogen) atoms. The van der Waals surface area contributed by atoms with Gasteiger partial charge in [-0.1, -0.05) is 13.8 Å². The van der Waals surface area contributed by atoms with Crippen molar-refractivity contribution >= 4 is 11.8 Å². The van der Waals surface area contributed by atoms with Gasteiger partial charge in [-0.05, 0) is 25.5 Å². The van der Waals surface area contributed by atoms with E-state index in [9.17, 15) is 14.7 Å². The van der Waals surface area contributed by atoms with Crippen LogP contribution in [0, 0.1) is 5.92 Å². The van der Waals surface area contributed by atoms with Gasteiger partial charge in [-0.25, -0.2) is 0 Å². The van der Waals surface area contributed by atoms with E-state index in [-0.39, 0.29) is 34.7 Å². The molecule has 0 fully saturated rings. The average Bonchev–Trinajstić information content (AvgIpc) is 2.27. The standard InChI is InChI=1S/C13H16O4/c1-4-8(2)13(16)17-10-5-6-11(9(3)14)12(15)7-10/h5-8,15H,4H2,1-3H3. The summed E-state index contributed by atoms with van der Waals surface area (Å²) in [4.78, 5) is 22.6. The minimum atomic E-state index is -0.345. The number of aromatic hydroxyl groups is 1. The molecule has 0 radical (unpaired) electrons. The Morgan fingerprint density at radius 1 is 1.41 bits per heavy atom. The van der Waals surface area contributed by atoms with Crippen molar-refractivity contribution in [3.05, 3.63) is 23.8 Å². The number of hydrogen-bond acceptors (Lipinski definition) is 4. The van der Waals surface area contributed by atoms with E-state index < -0.39 is 0 Å². The Balaban J connectivity index is 2.84. The van der Waals surface area contributed by atoms with E-state index >= 15 is 0 Å². The second-order valence-corrected chi connectivity index (χ2v) is 3.97. The van der Waals surface area contributed by atoms with Crippen LogP contribution in [-0.2, 0) is 4.79 Å². The molecule has 0 amide bonds. The molecule has 1 unspecified atom stereocenters. The molecular weight excluding hydrogens is 220 g/mol. The second-order valence-electron chi connectivity index (χ2n) is 3.97. The van der Waals surface area contributed by atoms with E-state index in [4.69, 9.17) is 4.74 Å². The summed E-state index contributed by atoms with van der Waals surface area (Å²) < 4.78 is 5.07. The maximum atomic E-state index is 11.5. The predicted octanol–water partition coefficient (Wildman–Crippen LogP) is 2.55. The van der Waals surface area contributed by atoms with Gasteiger partial charge in [0.15, 0.2) is 5.78 Å². The number of carbonyl (C=O) groups excluding carboxylic acids is 2. The van der Waals surface area contributed by atoms with Crippen molar-refractivity contribution in [2.75, 3.05) is 0 Å². The zero-order valence-corrected chi connectivity index (χ0v) is 10.2. The van der Waals surface area contributed by atoms with Crippen molar-refractivity contribution in [1.82, 2.24) is 0 Å². The Morgan fingerprint density at radius 2 is 2.06 bits per heavy atom. The lowest BCUT2D eigenvalue weighted by atomic mass is 10.1. The third kappa shape index (κ3) is 3.31. The van der Waals surface area contributed by atoms with E-state index in [1.807, 2.05) is 6.92 Å². The molecule has 0 aromatic heterocycles. The molecule has 92 valence electrons. The molecule has 0 aliphatic rings. The molecular formula is C13H16O4. The highest BCUT2D eigenvalue weighted by atomic mass is 16.5. The van der Waals surface area contributed by atoms with Crippen LogP contribution in [0.2, 0.25) is 0 Å². The van der Waals surface area contributed by atoms with Crippen LogP contribution >= 0.6 is 0 Å². The molecule has 4 nitrogen and oxygen atoms in total. The van der Waals surface area contributed by atoms with Crippen molar-refractivity contribution in [2.24, 2.45) is 5.92 Å². The van der Waals surface area contributed by atoms with Gasteiger partial charge in [0, 0.05) is 6.07 Å². The van der Waals surface area contributed by atoms with Gasteiger partial charge in [0.05, 0.1) is 11.5 Å².